The second-order valence-electron chi connectivity index (χ2n) is 4.67. The Morgan fingerprint density at radius 2 is 1.95 bits per heavy atom. The molecule has 0 amide bonds. The van der Waals surface area contributed by atoms with Crippen LogP contribution in [0.4, 0.5) is 13.2 Å². The first-order chi connectivity index (χ1) is 10.1. The van der Waals surface area contributed by atoms with E-state index in [1.54, 1.807) is 6.92 Å². The van der Waals surface area contributed by atoms with Crippen molar-refractivity contribution in [1.29, 1.82) is 0 Å². The van der Waals surface area contributed by atoms with Gasteiger partial charge in [-0.25, -0.2) is 18.1 Å². The number of hydrogen-bond acceptors (Lipinski definition) is 4. The third kappa shape index (κ3) is 3.66. The number of aromatic nitrogens is 1. The highest BCUT2D eigenvalue weighted by Gasteiger charge is 2.32. The zero-order valence-electron chi connectivity index (χ0n) is 11.7. The molecule has 1 aromatic heterocycles. The van der Waals surface area contributed by atoms with Gasteiger partial charge in [-0.05, 0) is 31.5 Å². The smallest absolute Gasteiger partial charge is 0.416 e. The molecular weight excluding hydrogens is 321 g/mol. The molecule has 0 bridgehead atoms. The molecule has 0 atom stereocenters. The largest absolute Gasteiger partial charge is 0.445 e. The normalized spacial score (nSPS) is 12.6. The van der Waals surface area contributed by atoms with Crippen LogP contribution in [0.5, 0.6) is 0 Å². The summed E-state index contributed by atoms with van der Waals surface area (Å²) in [6, 6.07) is 2.57. The average Bonchev–Trinajstić information content (AvgIpc) is 2.81. The van der Waals surface area contributed by atoms with Gasteiger partial charge in [-0.1, -0.05) is 6.07 Å². The standard InChI is InChI=1S/C13H13F3N2O3S/c1-8-3-4-10(13(14,15)16)5-11(8)22(19,20)18-7-12-17-6-9(2)21-12/h3-6,18H,7H2,1-2H3. The Bertz CT molecular complexity index is 782. The van der Waals surface area contributed by atoms with Gasteiger partial charge in [0.05, 0.1) is 23.2 Å². The first-order valence-electron chi connectivity index (χ1n) is 6.18. The van der Waals surface area contributed by atoms with E-state index in [1.165, 1.54) is 13.1 Å². The van der Waals surface area contributed by atoms with Crippen molar-refractivity contribution in [3.8, 4) is 0 Å². The molecule has 0 radical (unpaired) electrons. The topological polar surface area (TPSA) is 72.2 Å². The first kappa shape index (κ1) is 16.5. The van der Waals surface area contributed by atoms with Crippen molar-refractivity contribution in [3.05, 3.63) is 47.2 Å². The molecule has 5 nitrogen and oxygen atoms in total. The zero-order chi connectivity index (χ0) is 16.5. The molecule has 0 saturated carbocycles. The molecule has 1 N–H and O–H groups in total. The molecule has 2 rings (SSSR count). The first-order valence-corrected chi connectivity index (χ1v) is 7.67. The van der Waals surface area contributed by atoms with Gasteiger partial charge in [0.1, 0.15) is 5.76 Å². The van der Waals surface area contributed by atoms with E-state index in [0.717, 1.165) is 12.1 Å². The lowest BCUT2D eigenvalue weighted by Crippen LogP contribution is -2.24. The number of sulfonamides is 1. The van der Waals surface area contributed by atoms with Crippen LogP contribution in [-0.2, 0) is 22.7 Å². The fourth-order valence-electron chi connectivity index (χ4n) is 1.78. The van der Waals surface area contributed by atoms with E-state index in [2.05, 4.69) is 9.71 Å². The summed E-state index contributed by atoms with van der Waals surface area (Å²) in [6.45, 7) is 2.82. The van der Waals surface area contributed by atoms with Crippen molar-refractivity contribution in [1.82, 2.24) is 9.71 Å². The van der Waals surface area contributed by atoms with Crippen LogP contribution < -0.4 is 4.72 Å². The number of nitrogens with zero attached hydrogens (tertiary/aromatic N) is 1. The third-order valence-electron chi connectivity index (χ3n) is 2.89. The van der Waals surface area contributed by atoms with Gasteiger partial charge in [0.15, 0.2) is 0 Å². The predicted octanol–water partition coefficient (Wildman–Crippen LogP) is 2.79. The lowest BCUT2D eigenvalue weighted by atomic mass is 10.1. The Morgan fingerprint density at radius 1 is 1.27 bits per heavy atom. The molecule has 22 heavy (non-hydrogen) atoms. The maximum atomic E-state index is 12.7. The number of hydrogen-bond donors (Lipinski definition) is 1. The average molecular weight is 334 g/mol. The molecule has 0 spiro atoms. The summed E-state index contributed by atoms with van der Waals surface area (Å²) in [6.07, 6.45) is -3.20. The van der Waals surface area contributed by atoms with Gasteiger partial charge < -0.3 is 4.42 Å². The summed E-state index contributed by atoms with van der Waals surface area (Å²) >= 11 is 0. The monoisotopic (exact) mass is 334 g/mol. The highest BCUT2D eigenvalue weighted by molar-refractivity contribution is 7.89. The molecule has 9 heteroatoms. The van der Waals surface area contributed by atoms with Gasteiger partial charge >= 0.3 is 6.18 Å². The molecule has 0 aliphatic heterocycles. The molecule has 0 unspecified atom stereocenters. The number of aryl methyl sites for hydroxylation is 2. The van der Waals surface area contributed by atoms with Crippen LogP contribution in [0.3, 0.4) is 0 Å². The number of alkyl halides is 3. The lowest BCUT2D eigenvalue weighted by molar-refractivity contribution is -0.137. The SMILES string of the molecule is Cc1cnc(CNS(=O)(=O)c2cc(C(F)(F)F)ccc2C)o1. The van der Waals surface area contributed by atoms with Crippen LogP contribution in [0.2, 0.25) is 0 Å². The zero-order valence-corrected chi connectivity index (χ0v) is 12.5. The minimum atomic E-state index is -4.61. The van der Waals surface area contributed by atoms with E-state index >= 15 is 0 Å². The minimum absolute atomic E-state index is 0.130. The summed E-state index contributed by atoms with van der Waals surface area (Å²) in [5, 5.41) is 0. The molecule has 0 fully saturated rings. The molecular formula is C13H13F3N2O3S. The third-order valence-corrected chi connectivity index (χ3v) is 4.43. The van der Waals surface area contributed by atoms with Gasteiger partial charge in [0.25, 0.3) is 0 Å². The lowest BCUT2D eigenvalue weighted by Gasteiger charge is -2.12. The molecule has 0 saturated heterocycles. The van der Waals surface area contributed by atoms with Gasteiger partial charge in [-0.3, -0.25) is 0 Å². The van der Waals surface area contributed by atoms with Crippen molar-refractivity contribution >= 4 is 10.0 Å². The summed E-state index contributed by atoms with van der Waals surface area (Å²) in [7, 11) is -4.11. The number of benzene rings is 1. The van der Waals surface area contributed by atoms with Gasteiger partial charge in [0.2, 0.25) is 15.9 Å². The summed E-state index contributed by atoms with van der Waals surface area (Å²) in [5.41, 5.74) is -0.811. The van der Waals surface area contributed by atoms with Crippen molar-refractivity contribution < 1.29 is 26.0 Å². The van der Waals surface area contributed by atoms with Gasteiger partial charge in [0, 0.05) is 0 Å². The maximum Gasteiger partial charge on any atom is 0.416 e. The molecule has 1 heterocycles. The van der Waals surface area contributed by atoms with Crippen LogP contribution in [0.15, 0.2) is 33.7 Å². The summed E-state index contributed by atoms with van der Waals surface area (Å²) in [4.78, 5) is 3.39. The Hall–Kier alpha value is -1.87. The second kappa shape index (κ2) is 5.73. The number of rotatable bonds is 4. The van der Waals surface area contributed by atoms with Crippen LogP contribution in [0, 0.1) is 13.8 Å². The van der Waals surface area contributed by atoms with Crippen LogP contribution in [0.25, 0.3) is 0 Å². The number of nitrogens with one attached hydrogen (secondary N) is 1. The predicted molar refractivity (Wildman–Crippen MR) is 71.4 cm³/mol. The van der Waals surface area contributed by atoms with Gasteiger partial charge in [-0.15, -0.1) is 0 Å². The van der Waals surface area contributed by atoms with Crippen molar-refractivity contribution in [3.63, 3.8) is 0 Å². The molecule has 120 valence electrons. The van der Waals surface area contributed by atoms with Gasteiger partial charge in [-0.2, -0.15) is 13.2 Å². The van der Waals surface area contributed by atoms with Crippen LogP contribution >= 0.6 is 0 Å². The van der Waals surface area contributed by atoms with Crippen LogP contribution in [-0.4, -0.2) is 13.4 Å². The molecule has 1 aromatic carbocycles. The Kier molecular flexibility index (Phi) is 4.30. The highest BCUT2D eigenvalue weighted by Crippen LogP contribution is 2.31. The van der Waals surface area contributed by atoms with Crippen molar-refractivity contribution in [2.24, 2.45) is 0 Å². The fraction of sp³-hybridized carbons (Fsp3) is 0.308. The Labute approximate surface area is 125 Å². The van der Waals surface area contributed by atoms with Crippen molar-refractivity contribution in [2.75, 3.05) is 0 Å². The highest BCUT2D eigenvalue weighted by atomic mass is 32.2. The quantitative estimate of drug-likeness (QED) is 0.933. The summed E-state index contributed by atoms with van der Waals surface area (Å²) in [5.74, 6) is 0.634. The van der Waals surface area contributed by atoms with E-state index in [4.69, 9.17) is 4.42 Å². The molecule has 2 aromatic rings. The van der Waals surface area contributed by atoms with Crippen LogP contribution in [0.1, 0.15) is 22.8 Å². The Morgan fingerprint density at radius 3 is 2.50 bits per heavy atom. The van der Waals surface area contributed by atoms with Crippen molar-refractivity contribution in [2.45, 2.75) is 31.5 Å². The van der Waals surface area contributed by atoms with E-state index in [9.17, 15) is 21.6 Å². The summed E-state index contributed by atoms with van der Waals surface area (Å²) < 4.78 is 69.7. The fourth-order valence-corrected chi connectivity index (χ4v) is 3.03. The number of oxazole rings is 1. The molecule has 0 aliphatic rings. The minimum Gasteiger partial charge on any atom is -0.445 e. The Balaban J connectivity index is 2.28. The second-order valence-corrected chi connectivity index (χ2v) is 6.40. The number of halogens is 3. The van der Waals surface area contributed by atoms with E-state index in [1.807, 2.05) is 0 Å². The van der Waals surface area contributed by atoms with E-state index < -0.39 is 26.7 Å². The van der Waals surface area contributed by atoms with E-state index in [-0.39, 0.29) is 18.0 Å². The molecule has 0 aliphatic carbocycles. The maximum absolute atomic E-state index is 12.7. The van der Waals surface area contributed by atoms with E-state index in [0.29, 0.717) is 11.8 Å².